The molecule has 1 heterocycles. The van der Waals surface area contributed by atoms with E-state index >= 15 is 0 Å². The summed E-state index contributed by atoms with van der Waals surface area (Å²) in [5.74, 6) is 0. The Morgan fingerprint density at radius 1 is 1.52 bits per heavy atom. The first kappa shape index (κ1) is 15.3. The zero-order chi connectivity index (χ0) is 15.2. The van der Waals surface area contributed by atoms with Crippen molar-refractivity contribution >= 4 is 23.3 Å². The van der Waals surface area contributed by atoms with Gasteiger partial charge in [-0.25, -0.2) is 4.79 Å². The number of urea groups is 1. The summed E-state index contributed by atoms with van der Waals surface area (Å²) in [6.07, 6.45) is 2.48. The molecule has 0 saturated heterocycles. The number of hydrogen-bond acceptors (Lipinski definition) is 3. The van der Waals surface area contributed by atoms with Crippen LogP contribution in [-0.4, -0.2) is 27.5 Å². The number of aromatic nitrogens is 2. The van der Waals surface area contributed by atoms with Crippen LogP contribution >= 0.6 is 11.6 Å². The lowest BCUT2D eigenvalue weighted by molar-refractivity contribution is 0.175. The van der Waals surface area contributed by atoms with E-state index in [4.69, 9.17) is 11.6 Å². The van der Waals surface area contributed by atoms with E-state index < -0.39 is 12.1 Å². The molecule has 21 heavy (non-hydrogen) atoms. The molecular formula is C14H17ClN4O2. The molecule has 7 heteroatoms. The van der Waals surface area contributed by atoms with Crippen LogP contribution in [0.25, 0.3) is 0 Å². The van der Waals surface area contributed by atoms with Crippen LogP contribution in [0.2, 0.25) is 5.02 Å². The zero-order valence-electron chi connectivity index (χ0n) is 11.6. The molecule has 0 aliphatic rings. The Hall–Kier alpha value is -2.05. The molecule has 6 nitrogen and oxygen atoms in total. The maximum atomic E-state index is 11.7. The van der Waals surface area contributed by atoms with Gasteiger partial charge in [0.2, 0.25) is 0 Å². The number of hydrogen-bond donors (Lipinski definition) is 3. The number of nitrogens with one attached hydrogen (secondary N) is 2. The van der Waals surface area contributed by atoms with Crippen molar-refractivity contribution in [3.63, 3.8) is 0 Å². The second-order valence-corrected chi connectivity index (χ2v) is 4.93. The smallest absolute Gasteiger partial charge is 0.319 e. The third-order valence-electron chi connectivity index (χ3n) is 2.90. The molecule has 112 valence electrons. The normalized spacial score (nSPS) is 12.0. The van der Waals surface area contributed by atoms with Crippen LogP contribution in [0.3, 0.4) is 0 Å². The molecule has 3 N–H and O–H groups in total. The van der Waals surface area contributed by atoms with Crippen molar-refractivity contribution < 1.29 is 9.90 Å². The fourth-order valence-electron chi connectivity index (χ4n) is 1.80. The topological polar surface area (TPSA) is 79.2 Å². The van der Waals surface area contributed by atoms with Crippen LogP contribution in [0, 0.1) is 0 Å². The van der Waals surface area contributed by atoms with Crippen LogP contribution in [0.4, 0.5) is 10.5 Å². The van der Waals surface area contributed by atoms with Crippen molar-refractivity contribution in [2.24, 2.45) is 0 Å². The highest BCUT2D eigenvalue weighted by Gasteiger charge is 2.10. The highest BCUT2D eigenvalue weighted by molar-refractivity contribution is 6.30. The summed E-state index contributed by atoms with van der Waals surface area (Å²) in [6, 6.07) is 6.49. The van der Waals surface area contributed by atoms with Crippen molar-refractivity contribution in [3.05, 3.63) is 47.2 Å². The summed E-state index contributed by atoms with van der Waals surface area (Å²) >= 11 is 5.85. The minimum Gasteiger partial charge on any atom is -0.387 e. The minimum atomic E-state index is -0.812. The molecule has 2 rings (SSSR count). The van der Waals surface area contributed by atoms with Gasteiger partial charge in [0.05, 0.1) is 18.0 Å². The summed E-state index contributed by atoms with van der Waals surface area (Å²) in [7, 11) is 0. The van der Waals surface area contributed by atoms with E-state index in [1.165, 1.54) is 0 Å². The Bertz CT molecular complexity index is 615. The molecule has 1 atom stereocenters. The first-order valence-corrected chi connectivity index (χ1v) is 6.97. The summed E-state index contributed by atoms with van der Waals surface area (Å²) in [5.41, 5.74) is 1.26. The SMILES string of the molecule is CCn1cc(NC(=O)NCC(O)c2cccc(Cl)c2)cn1. The number of nitrogens with zero attached hydrogens (tertiary/aromatic N) is 2. The monoisotopic (exact) mass is 308 g/mol. The fraction of sp³-hybridized carbons (Fsp3) is 0.286. The lowest BCUT2D eigenvalue weighted by Crippen LogP contribution is -2.32. The Morgan fingerprint density at radius 3 is 3.00 bits per heavy atom. The average Bonchev–Trinajstić information content (AvgIpc) is 2.92. The van der Waals surface area contributed by atoms with E-state index in [9.17, 15) is 9.90 Å². The predicted molar refractivity (Wildman–Crippen MR) is 81.3 cm³/mol. The Morgan fingerprint density at radius 2 is 2.33 bits per heavy atom. The number of benzene rings is 1. The molecule has 0 spiro atoms. The molecule has 0 saturated carbocycles. The number of rotatable bonds is 5. The van der Waals surface area contributed by atoms with Gasteiger partial charge in [-0.1, -0.05) is 23.7 Å². The minimum absolute atomic E-state index is 0.0914. The molecule has 1 aromatic heterocycles. The fourth-order valence-corrected chi connectivity index (χ4v) is 2.00. The first-order valence-electron chi connectivity index (χ1n) is 6.59. The van der Waals surface area contributed by atoms with Crippen molar-refractivity contribution in [2.45, 2.75) is 19.6 Å². The molecular weight excluding hydrogens is 292 g/mol. The van der Waals surface area contributed by atoms with Crippen LogP contribution in [0.1, 0.15) is 18.6 Å². The molecule has 1 unspecified atom stereocenters. The maximum absolute atomic E-state index is 11.7. The van der Waals surface area contributed by atoms with E-state index in [0.29, 0.717) is 16.3 Å². The molecule has 0 aliphatic carbocycles. The van der Waals surface area contributed by atoms with Crippen LogP contribution in [0.15, 0.2) is 36.7 Å². The molecule has 1 aromatic carbocycles. The summed E-state index contributed by atoms with van der Waals surface area (Å²) in [6.45, 7) is 2.78. The molecule has 2 amide bonds. The van der Waals surface area contributed by atoms with Gasteiger partial charge in [-0.05, 0) is 24.6 Å². The van der Waals surface area contributed by atoms with E-state index in [-0.39, 0.29) is 6.54 Å². The number of aliphatic hydroxyl groups excluding tert-OH is 1. The predicted octanol–water partition coefficient (Wildman–Crippen LogP) is 2.41. The Labute approximate surface area is 127 Å². The van der Waals surface area contributed by atoms with Crippen molar-refractivity contribution in [2.75, 3.05) is 11.9 Å². The molecule has 0 aliphatic heterocycles. The lowest BCUT2D eigenvalue weighted by Gasteiger charge is -2.12. The van der Waals surface area contributed by atoms with E-state index in [1.807, 2.05) is 6.92 Å². The van der Waals surface area contributed by atoms with Gasteiger partial charge in [-0.2, -0.15) is 5.10 Å². The van der Waals surface area contributed by atoms with Crippen LogP contribution in [0.5, 0.6) is 0 Å². The Kier molecular flexibility index (Phi) is 5.19. The third-order valence-corrected chi connectivity index (χ3v) is 3.14. The van der Waals surface area contributed by atoms with Gasteiger partial charge in [0.25, 0.3) is 0 Å². The quantitative estimate of drug-likeness (QED) is 0.793. The maximum Gasteiger partial charge on any atom is 0.319 e. The number of halogens is 1. The number of amides is 2. The van der Waals surface area contributed by atoms with Crippen molar-refractivity contribution in [1.82, 2.24) is 15.1 Å². The second kappa shape index (κ2) is 7.10. The number of aryl methyl sites for hydroxylation is 1. The zero-order valence-corrected chi connectivity index (χ0v) is 12.3. The van der Waals surface area contributed by atoms with Crippen molar-refractivity contribution in [3.8, 4) is 0 Å². The van der Waals surface area contributed by atoms with Gasteiger partial charge in [-0.15, -0.1) is 0 Å². The van der Waals surface area contributed by atoms with E-state index in [1.54, 1.807) is 41.3 Å². The van der Waals surface area contributed by atoms with Crippen molar-refractivity contribution in [1.29, 1.82) is 0 Å². The summed E-state index contributed by atoms with van der Waals surface area (Å²) in [5, 5.41) is 19.8. The van der Waals surface area contributed by atoms with Crippen LogP contribution < -0.4 is 10.6 Å². The third kappa shape index (κ3) is 4.47. The van der Waals surface area contributed by atoms with Gasteiger partial charge < -0.3 is 15.7 Å². The number of anilines is 1. The molecule has 0 radical (unpaired) electrons. The number of aliphatic hydroxyl groups is 1. The van der Waals surface area contributed by atoms with Gasteiger partial charge in [-0.3, -0.25) is 4.68 Å². The summed E-state index contributed by atoms with van der Waals surface area (Å²) in [4.78, 5) is 11.7. The molecule has 0 bridgehead atoms. The number of carbonyl (C=O) groups excluding carboxylic acids is 1. The molecule has 2 aromatic rings. The van der Waals surface area contributed by atoms with Gasteiger partial charge >= 0.3 is 6.03 Å². The standard InChI is InChI=1S/C14H17ClN4O2/c1-2-19-9-12(7-17-19)18-14(21)16-8-13(20)10-4-3-5-11(15)6-10/h3-7,9,13,20H,2,8H2,1H3,(H2,16,18,21). The summed E-state index contributed by atoms with van der Waals surface area (Å²) < 4.78 is 1.70. The van der Waals surface area contributed by atoms with Crippen LogP contribution in [-0.2, 0) is 6.54 Å². The second-order valence-electron chi connectivity index (χ2n) is 4.49. The first-order chi connectivity index (χ1) is 10.1. The van der Waals surface area contributed by atoms with Gasteiger partial charge in [0.1, 0.15) is 0 Å². The van der Waals surface area contributed by atoms with Gasteiger partial charge in [0, 0.05) is 24.3 Å². The van der Waals surface area contributed by atoms with Gasteiger partial charge in [0.15, 0.2) is 0 Å². The largest absolute Gasteiger partial charge is 0.387 e. The lowest BCUT2D eigenvalue weighted by atomic mass is 10.1. The highest BCUT2D eigenvalue weighted by atomic mass is 35.5. The highest BCUT2D eigenvalue weighted by Crippen LogP contribution is 2.17. The number of carbonyl (C=O) groups is 1. The van der Waals surface area contributed by atoms with E-state index in [0.717, 1.165) is 6.54 Å². The average molecular weight is 309 g/mol. The molecule has 0 fully saturated rings. The Balaban J connectivity index is 1.83. The van der Waals surface area contributed by atoms with E-state index in [2.05, 4.69) is 15.7 Å².